The quantitative estimate of drug-likeness (QED) is 0.657. The molecule has 0 fully saturated rings. The molecular weight excluding hydrogens is 328 g/mol. The lowest BCUT2D eigenvalue weighted by atomic mass is 10.1. The van der Waals surface area contributed by atoms with Crippen LogP contribution in [0, 0.1) is 6.92 Å². The van der Waals surface area contributed by atoms with Crippen LogP contribution in [0.25, 0.3) is 0 Å². The third-order valence-corrected chi connectivity index (χ3v) is 4.43. The van der Waals surface area contributed by atoms with E-state index in [1.54, 1.807) is 21.3 Å². The molecule has 5 heteroatoms. The van der Waals surface area contributed by atoms with Gasteiger partial charge in [-0.25, -0.2) is 0 Å². The molecular formula is C21H30N2O3. The number of ether oxygens (including phenoxy) is 3. The highest BCUT2D eigenvalue weighted by Crippen LogP contribution is 2.33. The molecule has 0 aliphatic carbocycles. The van der Waals surface area contributed by atoms with Crippen LogP contribution in [0.4, 0.5) is 5.69 Å². The minimum atomic E-state index is 0.668. The minimum Gasteiger partial charge on any atom is -0.496 e. The second kappa shape index (κ2) is 9.92. The van der Waals surface area contributed by atoms with Crippen molar-refractivity contribution in [3.05, 3.63) is 47.5 Å². The molecule has 0 unspecified atom stereocenters. The van der Waals surface area contributed by atoms with Crippen molar-refractivity contribution in [2.24, 2.45) is 0 Å². The summed E-state index contributed by atoms with van der Waals surface area (Å²) in [6.07, 6.45) is 0. The summed E-state index contributed by atoms with van der Waals surface area (Å²) in [5.74, 6) is 2.25. The molecule has 2 aromatic rings. The van der Waals surface area contributed by atoms with E-state index in [-0.39, 0.29) is 0 Å². The Morgan fingerprint density at radius 1 is 0.962 bits per heavy atom. The van der Waals surface area contributed by atoms with E-state index in [2.05, 4.69) is 48.3 Å². The van der Waals surface area contributed by atoms with E-state index in [9.17, 15) is 0 Å². The monoisotopic (exact) mass is 358 g/mol. The number of likely N-dealkylation sites (N-methyl/N-ethyl adjacent to an activating group) is 1. The van der Waals surface area contributed by atoms with E-state index in [1.807, 2.05) is 12.1 Å². The second-order valence-corrected chi connectivity index (χ2v) is 6.11. The maximum atomic E-state index is 5.50. The van der Waals surface area contributed by atoms with Crippen LogP contribution < -0.4 is 24.4 Å². The van der Waals surface area contributed by atoms with Gasteiger partial charge in [0.05, 0.1) is 26.9 Å². The van der Waals surface area contributed by atoms with Crippen LogP contribution in [0.2, 0.25) is 0 Å². The van der Waals surface area contributed by atoms with Gasteiger partial charge in [0.1, 0.15) is 17.2 Å². The molecule has 0 atom stereocenters. The first kappa shape index (κ1) is 19.9. The number of aryl methyl sites for hydroxylation is 1. The molecule has 2 aromatic carbocycles. The molecule has 142 valence electrons. The van der Waals surface area contributed by atoms with E-state index >= 15 is 0 Å². The fourth-order valence-corrected chi connectivity index (χ4v) is 2.97. The SMILES string of the molecule is CCN(CCNCc1c(OC)cc(OC)cc1OC)c1cccc(C)c1. The fourth-order valence-electron chi connectivity index (χ4n) is 2.97. The van der Waals surface area contributed by atoms with E-state index in [0.717, 1.165) is 42.4 Å². The highest BCUT2D eigenvalue weighted by Gasteiger charge is 2.13. The molecule has 0 aliphatic rings. The number of rotatable bonds is 10. The first-order chi connectivity index (χ1) is 12.6. The molecule has 0 bridgehead atoms. The van der Waals surface area contributed by atoms with Crippen molar-refractivity contribution in [2.75, 3.05) is 45.9 Å². The van der Waals surface area contributed by atoms with Crippen LogP contribution in [0.3, 0.4) is 0 Å². The summed E-state index contributed by atoms with van der Waals surface area (Å²) >= 11 is 0. The number of anilines is 1. The van der Waals surface area contributed by atoms with Crippen molar-refractivity contribution in [3.8, 4) is 17.2 Å². The topological polar surface area (TPSA) is 43.0 Å². The van der Waals surface area contributed by atoms with Crippen LogP contribution in [-0.4, -0.2) is 41.0 Å². The van der Waals surface area contributed by atoms with Crippen molar-refractivity contribution >= 4 is 5.69 Å². The van der Waals surface area contributed by atoms with Crippen LogP contribution in [0.1, 0.15) is 18.1 Å². The summed E-state index contributed by atoms with van der Waals surface area (Å²) in [6, 6.07) is 12.4. The van der Waals surface area contributed by atoms with Crippen molar-refractivity contribution < 1.29 is 14.2 Å². The molecule has 0 aliphatic heterocycles. The second-order valence-electron chi connectivity index (χ2n) is 6.11. The predicted molar refractivity (Wildman–Crippen MR) is 107 cm³/mol. The number of nitrogens with one attached hydrogen (secondary N) is 1. The molecule has 0 spiro atoms. The number of hydrogen-bond donors (Lipinski definition) is 1. The molecule has 0 radical (unpaired) electrons. The lowest BCUT2D eigenvalue weighted by Gasteiger charge is -2.24. The lowest BCUT2D eigenvalue weighted by Crippen LogP contribution is -2.32. The van der Waals surface area contributed by atoms with Crippen LogP contribution >= 0.6 is 0 Å². The fraction of sp³-hybridized carbons (Fsp3) is 0.429. The van der Waals surface area contributed by atoms with Gasteiger partial charge in [0.2, 0.25) is 0 Å². The summed E-state index contributed by atoms with van der Waals surface area (Å²) in [5, 5.41) is 3.50. The van der Waals surface area contributed by atoms with Gasteiger partial charge in [0, 0.05) is 44.0 Å². The molecule has 0 amide bonds. The molecule has 1 N–H and O–H groups in total. The van der Waals surface area contributed by atoms with Crippen molar-refractivity contribution in [2.45, 2.75) is 20.4 Å². The number of nitrogens with zero attached hydrogens (tertiary/aromatic N) is 1. The third-order valence-electron chi connectivity index (χ3n) is 4.43. The van der Waals surface area contributed by atoms with Gasteiger partial charge in [-0.2, -0.15) is 0 Å². The first-order valence-corrected chi connectivity index (χ1v) is 8.94. The Morgan fingerprint density at radius 3 is 2.19 bits per heavy atom. The highest BCUT2D eigenvalue weighted by atomic mass is 16.5. The zero-order valence-corrected chi connectivity index (χ0v) is 16.5. The van der Waals surface area contributed by atoms with Gasteiger partial charge in [-0.1, -0.05) is 12.1 Å². The number of hydrogen-bond acceptors (Lipinski definition) is 5. The molecule has 2 rings (SSSR count). The Balaban J connectivity index is 1.98. The molecule has 0 aromatic heterocycles. The maximum absolute atomic E-state index is 5.50. The molecule has 0 saturated heterocycles. The van der Waals surface area contributed by atoms with Crippen molar-refractivity contribution in [3.63, 3.8) is 0 Å². The Morgan fingerprint density at radius 2 is 1.65 bits per heavy atom. The standard InChI is InChI=1S/C21H30N2O3/c1-6-23(17-9-7-8-16(2)12-17)11-10-22-15-19-20(25-4)13-18(24-3)14-21(19)26-5/h7-9,12-14,22H,6,10-11,15H2,1-5H3. The molecule has 0 heterocycles. The van der Waals surface area contributed by atoms with E-state index in [0.29, 0.717) is 6.54 Å². The van der Waals surface area contributed by atoms with Crippen molar-refractivity contribution in [1.29, 1.82) is 0 Å². The normalized spacial score (nSPS) is 10.5. The average molecular weight is 358 g/mol. The van der Waals surface area contributed by atoms with Gasteiger partial charge >= 0.3 is 0 Å². The number of benzene rings is 2. The van der Waals surface area contributed by atoms with E-state index in [4.69, 9.17) is 14.2 Å². The summed E-state index contributed by atoms with van der Waals surface area (Å²) in [6.45, 7) is 7.73. The maximum Gasteiger partial charge on any atom is 0.130 e. The Hall–Kier alpha value is -2.40. The third kappa shape index (κ3) is 5.05. The average Bonchev–Trinajstić information content (AvgIpc) is 2.67. The summed E-state index contributed by atoms with van der Waals surface area (Å²) < 4.78 is 16.3. The van der Waals surface area contributed by atoms with Crippen LogP contribution in [0.15, 0.2) is 36.4 Å². The highest BCUT2D eigenvalue weighted by molar-refractivity contribution is 5.51. The Kier molecular flexibility index (Phi) is 7.60. The van der Waals surface area contributed by atoms with Gasteiger partial charge in [-0.05, 0) is 31.5 Å². The summed E-state index contributed by atoms with van der Waals surface area (Å²) in [7, 11) is 4.96. The summed E-state index contributed by atoms with van der Waals surface area (Å²) in [4.78, 5) is 2.36. The molecule has 26 heavy (non-hydrogen) atoms. The molecule has 5 nitrogen and oxygen atoms in total. The molecule has 0 saturated carbocycles. The Bertz CT molecular complexity index is 678. The predicted octanol–water partition coefficient (Wildman–Crippen LogP) is 3.64. The largest absolute Gasteiger partial charge is 0.496 e. The van der Waals surface area contributed by atoms with Gasteiger partial charge in [0.15, 0.2) is 0 Å². The van der Waals surface area contributed by atoms with Gasteiger partial charge in [-0.15, -0.1) is 0 Å². The Labute approximate surface area is 156 Å². The van der Waals surface area contributed by atoms with Gasteiger partial charge in [0.25, 0.3) is 0 Å². The van der Waals surface area contributed by atoms with Crippen LogP contribution in [-0.2, 0) is 6.54 Å². The van der Waals surface area contributed by atoms with E-state index in [1.165, 1.54) is 11.3 Å². The zero-order valence-electron chi connectivity index (χ0n) is 16.5. The van der Waals surface area contributed by atoms with E-state index < -0.39 is 0 Å². The first-order valence-electron chi connectivity index (χ1n) is 8.94. The number of methoxy groups -OCH3 is 3. The zero-order chi connectivity index (χ0) is 18.9. The van der Waals surface area contributed by atoms with Gasteiger partial charge in [-0.3, -0.25) is 0 Å². The minimum absolute atomic E-state index is 0.668. The smallest absolute Gasteiger partial charge is 0.130 e. The van der Waals surface area contributed by atoms with Gasteiger partial charge < -0.3 is 24.4 Å². The van der Waals surface area contributed by atoms with Crippen LogP contribution in [0.5, 0.6) is 17.2 Å². The van der Waals surface area contributed by atoms with Crippen molar-refractivity contribution in [1.82, 2.24) is 5.32 Å². The summed E-state index contributed by atoms with van der Waals surface area (Å²) in [5.41, 5.74) is 3.53. The lowest BCUT2D eigenvalue weighted by molar-refractivity contribution is 0.366.